The summed E-state index contributed by atoms with van der Waals surface area (Å²) in [5.74, 6) is 0. The van der Waals surface area contributed by atoms with Gasteiger partial charge in [0.1, 0.15) is 11.2 Å². The highest BCUT2D eigenvalue weighted by Crippen LogP contribution is 2.47. The van der Waals surface area contributed by atoms with E-state index in [2.05, 4.69) is 199 Å². The molecule has 11 aromatic rings. The van der Waals surface area contributed by atoms with Crippen molar-refractivity contribution in [2.75, 3.05) is 4.90 Å². The third-order valence-electron chi connectivity index (χ3n) is 10.9. The van der Waals surface area contributed by atoms with E-state index >= 15 is 0 Å². The topological polar surface area (TPSA) is 16.4 Å². The zero-order valence-electron chi connectivity index (χ0n) is 29.8. The lowest BCUT2D eigenvalue weighted by atomic mass is 9.95. The van der Waals surface area contributed by atoms with Crippen LogP contribution in [0.15, 0.2) is 205 Å². The Labute approximate surface area is 322 Å². The summed E-state index contributed by atoms with van der Waals surface area (Å²) in [6.45, 7) is 0. The molecule has 258 valence electrons. The molecule has 0 aliphatic carbocycles. The molecule has 55 heavy (non-hydrogen) atoms. The van der Waals surface area contributed by atoms with Crippen LogP contribution in [0.5, 0.6) is 0 Å². The van der Waals surface area contributed by atoms with Gasteiger partial charge in [0.05, 0.1) is 16.8 Å². The standard InChI is InChI=1S/C52H33NOS/c1-2-12-36(13-3-1)42-29-25-40(38-22-21-34-11-4-5-14-37(34)31-38)33-47(42)53(46-17-10-19-49-52(46)44-16-6-8-18-48(44)54-49)41-27-23-35(24-28-41)39-26-30-51-45(32-39)43-15-7-9-20-50(43)55-51/h1-33H. The van der Waals surface area contributed by atoms with Crippen LogP contribution in [0.1, 0.15) is 0 Å². The minimum Gasteiger partial charge on any atom is -0.456 e. The Kier molecular flexibility index (Phi) is 7.39. The lowest BCUT2D eigenvalue weighted by Gasteiger charge is -2.29. The number of hydrogen-bond donors (Lipinski definition) is 0. The fraction of sp³-hybridized carbons (Fsp3) is 0. The molecule has 0 bridgehead atoms. The van der Waals surface area contributed by atoms with Gasteiger partial charge in [0.25, 0.3) is 0 Å². The van der Waals surface area contributed by atoms with E-state index in [9.17, 15) is 0 Å². The Balaban J connectivity index is 1.14. The highest BCUT2D eigenvalue weighted by molar-refractivity contribution is 7.25. The van der Waals surface area contributed by atoms with E-state index in [4.69, 9.17) is 4.42 Å². The first kappa shape index (κ1) is 31.6. The lowest BCUT2D eigenvalue weighted by molar-refractivity contribution is 0.669. The molecule has 11 rings (SSSR count). The lowest BCUT2D eigenvalue weighted by Crippen LogP contribution is -2.12. The Morgan fingerprint density at radius 2 is 1.02 bits per heavy atom. The quantitative estimate of drug-likeness (QED) is 0.170. The Bertz CT molecular complexity index is 3210. The van der Waals surface area contributed by atoms with Gasteiger partial charge < -0.3 is 9.32 Å². The summed E-state index contributed by atoms with van der Waals surface area (Å²) in [7, 11) is 0. The van der Waals surface area contributed by atoms with Gasteiger partial charge in [0, 0.05) is 36.8 Å². The summed E-state index contributed by atoms with van der Waals surface area (Å²) in [5, 5.41) is 7.26. The summed E-state index contributed by atoms with van der Waals surface area (Å²) >= 11 is 1.85. The third kappa shape index (κ3) is 5.40. The number of thiophene rings is 1. The minimum atomic E-state index is 0.864. The van der Waals surface area contributed by atoms with Crippen LogP contribution in [-0.2, 0) is 0 Å². The molecular weight excluding hydrogens is 687 g/mol. The van der Waals surface area contributed by atoms with E-state index in [1.165, 1.54) is 47.6 Å². The number of hydrogen-bond acceptors (Lipinski definition) is 3. The maximum atomic E-state index is 6.47. The first-order chi connectivity index (χ1) is 27.2. The fourth-order valence-corrected chi connectivity index (χ4v) is 9.27. The molecule has 0 atom stereocenters. The first-order valence-electron chi connectivity index (χ1n) is 18.7. The average molecular weight is 720 g/mol. The number of rotatable bonds is 6. The summed E-state index contributed by atoms with van der Waals surface area (Å²) in [5.41, 5.74) is 12.0. The first-order valence-corrected chi connectivity index (χ1v) is 19.5. The smallest absolute Gasteiger partial charge is 0.137 e. The number of fused-ring (bicyclic) bond motifs is 7. The van der Waals surface area contributed by atoms with Gasteiger partial charge in [0.2, 0.25) is 0 Å². The predicted octanol–water partition coefficient (Wildman–Crippen LogP) is 15.6. The van der Waals surface area contributed by atoms with Gasteiger partial charge in [-0.15, -0.1) is 11.3 Å². The van der Waals surface area contributed by atoms with E-state index in [-0.39, 0.29) is 0 Å². The second-order valence-electron chi connectivity index (χ2n) is 14.1. The largest absolute Gasteiger partial charge is 0.456 e. The second-order valence-corrected chi connectivity index (χ2v) is 15.2. The van der Waals surface area contributed by atoms with Gasteiger partial charge in [-0.3, -0.25) is 0 Å². The molecule has 0 unspecified atom stereocenters. The minimum absolute atomic E-state index is 0.864. The van der Waals surface area contributed by atoms with Crippen LogP contribution in [0.4, 0.5) is 17.1 Å². The molecule has 0 radical (unpaired) electrons. The van der Waals surface area contributed by atoms with Crippen molar-refractivity contribution in [3.05, 3.63) is 200 Å². The van der Waals surface area contributed by atoms with Crippen molar-refractivity contribution in [3.63, 3.8) is 0 Å². The summed E-state index contributed by atoms with van der Waals surface area (Å²) in [6, 6.07) is 72.4. The number of anilines is 3. The maximum absolute atomic E-state index is 6.47. The number of nitrogens with zero attached hydrogens (tertiary/aromatic N) is 1. The third-order valence-corrected chi connectivity index (χ3v) is 12.0. The van der Waals surface area contributed by atoms with E-state index in [0.717, 1.165) is 55.7 Å². The molecule has 0 spiro atoms. The van der Waals surface area contributed by atoms with Crippen LogP contribution in [0.2, 0.25) is 0 Å². The normalized spacial score (nSPS) is 11.6. The zero-order valence-corrected chi connectivity index (χ0v) is 30.6. The molecule has 0 amide bonds. The monoisotopic (exact) mass is 719 g/mol. The van der Waals surface area contributed by atoms with Crippen LogP contribution >= 0.6 is 11.3 Å². The zero-order chi connectivity index (χ0) is 36.3. The highest BCUT2D eigenvalue weighted by atomic mass is 32.1. The molecule has 0 saturated heterocycles. The molecule has 0 aliphatic rings. The molecule has 3 heteroatoms. The molecule has 0 N–H and O–H groups in total. The fourth-order valence-electron chi connectivity index (χ4n) is 8.19. The highest BCUT2D eigenvalue weighted by Gasteiger charge is 2.23. The van der Waals surface area contributed by atoms with E-state index in [1.54, 1.807) is 0 Å². The molecular formula is C52H33NOS. The average Bonchev–Trinajstić information content (AvgIpc) is 3.83. The Hall–Kier alpha value is -6.94. The van der Waals surface area contributed by atoms with E-state index in [0.29, 0.717) is 0 Å². The molecule has 2 heterocycles. The summed E-state index contributed by atoms with van der Waals surface area (Å²) in [6.07, 6.45) is 0. The van der Waals surface area contributed by atoms with Crippen LogP contribution in [0.25, 0.3) is 86.3 Å². The van der Waals surface area contributed by atoms with Gasteiger partial charge in [-0.05, 0) is 99.3 Å². The molecule has 0 saturated carbocycles. The van der Waals surface area contributed by atoms with Gasteiger partial charge in [-0.25, -0.2) is 0 Å². The van der Waals surface area contributed by atoms with Gasteiger partial charge in [0.15, 0.2) is 0 Å². The van der Waals surface area contributed by atoms with Crippen molar-refractivity contribution < 1.29 is 4.42 Å². The van der Waals surface area contributed by atoms with Crippen molar-refractivity contribution in [1.29, 1.82) is 0 Å². The van der Waals surface area contributed by atoms with Crippen molar-refractivity contribution in [3.8, 4) is 33.4 Å². The van der Waals surface area contributed by atoms with E-state index in [1.807, 2.05) is 17.4 Å². The van der Waals surface area contributed by atoms with Crippen LogP contribution in [-0.4, -0.2) is 0 Å². The molecule has 0 aliphatic heterocycles. The predicted molar refractivity (Wildman–Crippen MR) is 235 cm³/mol. The molecule has 9 aromatic carbocycles. The van der Waals surface area contributed by atoms with Crippen molar-refractivity contribution >= 4 is 81.3 Å². The van der Waals surface area contributed by atoms with E-state index < -0.39 is 0 Å². The summed E-state index contributed by atoms with van der Waals surface area (Å²) in [4.78, 5) is 2.43. The Morgan fingerprint density at radius 1 is 0.364 bits per heavy atom. The summed E-state index contributed by atoms with van der Waals surface area (Å²) < 4.78 is 9.11. The van der Waals surface area contributed by atoms with Gasteiger partial charge >= 0.3 is 0 Å². The number of benzene rings is 9. The SMILES string of the molecule is c1ccc(-c2ccc(-c3ccc4ccccc4c3)cc2N(c2ccc(-c3ccc4sc5ccccc5c4c3)cc2)c2cccc3oc4ccccc4c23)cc1. The molecule has 0 fully saturated rings. The van der Waals surface area contributed by atoms with Crippen molar-refractivity contribution in [2.45, 2.75) is 0 Å². The van der Waals surface area contributed by atoms with Gasteiger partial charge in [-0.1, -0.05) is 140 Å². The molecule has 2 aromatic heterocycles. The van der Waals surface area contributed by atoms with Crippen molar-refractivity contribution in [2.24, 2.45) is 0 Å². The second kappa shape index (κ2) is 12.9. The molecule has 2 nitrogen and oxygen atoms in total. The van der Waals surface area contributed by atoms with Crippen molar-refractivity contribution in [1.82, 2.24) is 0 Å². The van der Waals surface area contributed by atoms with Crippen LogP contribution < -0.4 is 4.90 Å². The number of para-hydroxylation sites is 1. The number of furan rings is 1. The van der Waals surface area contributed by atoms with Crippen LogP contribution in [0.3, 0.4) is 0 Å². The van der Waals surface area contributed by atoms with Gasteiger partial charge in [-0.2, -0.15) is 0 Å². The Morgan fingerprint density at radius 3 is 1.91 bits per heavy atom. The van der Waals surface area contributed by atoms with Crippen LogP contribution in [0, 0.1) is 0 Å². The maximum Gasteiger partial charge on any atom is 0.137 e.